The van der Waals surface area contributed by atoms with Gasteiger partial charge in [0, 0.05) is 16.1 Å². The van der Waals surface area contributed by atoms with E-state index in [4.69, 9.17) is 23.2 Å². The van der Waals surface area contributed by atoms with Gasteiger partial charge in [-0.25, -0.2) is 0 Å². The molecule has 21 heavy (non-hydrogen) atoms. The molecule has 0 amide bonds. The van der Waals surface area contributed by atoms with Crippen LogP contribution in [0.2, 0.25) is 10.0 Å². The molecular formula is C18H27Cl2N. The number of rotatable bonds is 6. The summed E-state index contributed by atoms with van der Waals surface area (Å²) in [5.74, 6) is 1.63. The van der Waals surface area contributed by atoms with Crippen LogP contribution < -0.4 is 5.32 Å². The van der Waals surface area contributed by atoms with Crippen molar-refractivity contribution in [3.05, 3.63) is 33.8 Å². The summed E-state index contributed by atoms with van der Waals surface area (Å²) in [4.78, 5) is 0. The minimum atomic E-state index is 0.534. The van der Waals surface area contributed by atoms with Crippen molar-refractivity contribution in [2.24, 2.45) is 11.8 Å². The Kier molecular flexibility index (Phi) is 6.85. The third-order valence-electron chi connectivity index (χ3n) is 4.66. The molecule has 0 saturated heterocycles. The molecule has 1 N–H and O–H groups in total. The molecule has 1 nitrogen and oxygen atoms in total. The molecule has 0 aromatic heterocycles. The minimum Gasteiger partial charge on any atom is -0.313 e. The summed E-state index contributed by atoms with van der Waals surface area (Å²) in [6.45, 7) is 5.70. The molecule has 1 saturated carbocycles. The Morgan fingerprint density at radius 2 is 2.10 bits per heavy atom. The number of halogens is 2. The molecule has 2 rings (SSSR count). The molecule has 3 heteroatoms. The van der Waals surface area contributed by atoms with Crippen LogP contribution in [-0.4, -0.2) is 12.6 Å². The van der Waals surface area contributed by atoms with Gasteiger partial charge in [-0.1, -0.05) is 56.0 Å². The van der Waals surface area contributed by atoms with Gasteiger partial charge in [0.15, 0.2) is 0 Å². The van der Waals surface area contributed by atoms with E-state index in [1.54, 1.807) is 0 Å². The Hall–Kier alpha value is -0.240. The average molecular weight is 328 g/mol. The van der Waals surface area contributed by atoms with Crippen LogP contribution in [0.4, 0.5) is 0 Å². The van der Waals surface area contributed by atoms with Crippen molar-refractivity contribution in [3.63, 3.8) is 0 Å². The number of hydrogen-bond donors (Lipinski definition) is 1. The van der Waals surface area contributed by atoms with Crippen LogP contribution in [0.15, 0.2) is 18.2 Å². The summed E-state index contributed by atoms with van der Waals surface area (Å²) in [7, 11) is 0. The van der Waals surface area contributed by atoms with E-state index in [1.807, 2.05) is 12.1 Å². The summed E-state index contributed by atoms with van der Waals surface area (Å²) in [5.41, 5.74) is 1.22. The molecule has 1 aromatic rings. The van der Waals surface area contributed by atoms with E-state index in [2.05, 4.69) is 25.2 Å². The zero-order valence-electron chi connectivity index (χ0n) is 13.2. The maximum absolute atomic E-state index is 6.36. The molecule has 0 spiro atoms. The van der Waals surface area contributed by atoms with Crippen LogP contribution >= 0.6 is 23.2 Å². The highest BCUT2D eigenvalue weighted by molar-refractivity contribution is 6.35. The fourth-order valence-electron chi connectivity index (χ4n) is 3.51. The molecule has 0 radical (unpaired) electrons. The third kappa shape index (κ3) is 5.16. The Morgan fingerprint density at radius 1 is 1.29 bits per heavy atom. The monoisotopic (exact) mass is 327 g/mol. The van der Waals surface area contributed by atoms with E-state index >= 15 is 0 Å². The highest BCUT2D eigenvalue weighted by Gasteiger charge is 2.26. The molecule has 0 aliphatic heterocycles. The Morgan fingerprint density at radius 3 is 2.76 bits per heavy atom. The van der Waals surface area contributed by atoms with E-state index in [9.17, 15) is 0 Å². The van der Waals surface area contributed by atoms with Gasteiger partial charge in [0.05, 0.1) is 0 Å². The van der Waals surface area contributed by atoms with Gasteiger partial charge in [0.2, 0.25) is 0 Å². The van der Waals surface area contributed by atoms with Crippen LogP contribution in [-0.2, 0) is 6.42 Å². The van der Waals surface area contributed by atoms with Gasteiger partial charge in [-0.15, -0.1) is 0 Å². The first-order valence-electron chi connectivity index (χ1n) is 8.27. The summed E-state index contributed by atoms with van der Waals surface area (Å²) in [6, 6.07) is 6.42. The average Bonchev–Trinajstić information content (AvgIpc) is 2.45. The summed E-state index contributed by atoms with van der Waals surface area (Å²) >= 11 is 12.4. The van der Waals surface area contributed by atoms with Crippen LogP contribution in [0.1, 0.15) is 51.5 Å². The van der Waals surface area contributed by atoms with Gasteiger partial charge in [-0.05, 0) is 61.8 Å². The van der Waals surface area contributed by atoms with Crippen molar-refractivity contribution in [1.82, 2.24) is 5.32 Å². The first-order chi connectivity index (χ1) is 10.1. The maximum Gasteiger partial charge on any atom is 0.0453 e. The highest BCUT2D eigenvalue weighted by atomic mass is 35.5. The fraction of sp³-hybridized carbons (Fsp3) is 0.667. The quantitative estimate of drug-likeness (QED) is 0.703. The lowest BCUT2D eigenvalue weighted by molar-refractivity contribution is 0.221. The molecule has 118 valence electrons. The van der Waals surface area contributed by atoms with Crippen LogP contribution in [0, 0.1) is 11.8 Å². The van der Waals surface area contributed by atoms with E-state index in [1.165, 1.54) is 37.7 Å². The third-order valence-corrected chi connectivity index (χ3v) is 5.24. The molecule has 0 heterocycles. The second-order valence-corrected chi connectivity index (χ2v) is 7.38. The lowest BCUT2D eigenvalue weighted by atomic mass is 9.77. The standard InChI is InChI=1S/C18H27Cl2N/c1-3-9-21-18(15-6-4-5-13(2)10-15)11-14-7-8-16(19)12-17(14)20/h7-8,12-13,15,18,21H,3-6,9-11H2,1-2H3. The van der Waals surface area contributed by atoms with Gasteiger partial charge in [-0.2, -0.15) is 0 Å². The van der Waals surface area contributed by atoms with Crippen molar-refractivity contribution >= 4 is 23.2 Å². The van der Waals surface area contributed by atoms with Gasteiger partial charge < -0.3 is 5.32 Å². The predicted molar refractivity (Wildman–Crippen MR) is 93.4 cm³/mol. The predicted octanol–water partition coefficient (Wildman–Crippen LogP) is 5.73. The second-order valence-electron chi connectivity index (χ2n) is 6.53. The first kappa shape index (κ1) is 17.1. The van der Waals surface area contributed by atoms with Gasteiger partial charge in [0.1, 0.15) is 0 Å². The van der Waals surface area contributed by atoms with E-state index in [-0.39, 0.29) is 0 Å². The maximum atomic E-state index is 6.36. The molecule has 0 bridgehead atoms. The first-order valence-corrected chi connectivity index (χ1v) is 9.03. The van der Waals surface area contributed by atoms with Gasteiger partial charge >= 0.3 is 0 Å². The van der Waals surface area contributed by atoms with E-state index in [0.717, 1.165) is 29.8 Å². The van der Waals surface area contributed by atoms with Crippen LogP contribution in [0.3, 0.4) is 0 Å². The van der Waals surface area contributed by atoms with E-state index in [0.29, 0.717) is 11.1 Å². The normalized spacial score (nSPS) is 24.0. The zero-order valence-corrected chi connectivity index (χ0v) is 14.7. The molecule has 1 fully saturated rings. The summed E-state index contributed by atoms with van der Waals surface area (Å²) < 4.78 is 0. The second kappa shape index (κ2) is 8.41. The lowest BCUT2D eigenvalue weighted by Gasteiger charge is -2.34. The molecule has 1 aliphatic carbocycles. The van der Waals surface area contributed by atoms with E-state index < -0.39 is 0 Å². The number of hydrogen-bond acceptors (Lipinski definition) is 1. The minimum absolute atomic E-state index is 0.534. The van der Waals surface area contributed by atoms with Gasteiger partial charge in [-0.3, -0.25) is 0 Å². The fourth-order valence-corrected chi connectivity index (χ4v) is 3.99. The van der Waals surface area contributed by atoms with Crippen LogP contribution in [0.25, 0.3) is 0 Å². The Bertz CT molecular complexity index is 447. The SMILES string of the molecule is CCCNC(Cc1ccc(Cl)cc1Cl)C1CCCC(C)C1. The number of nitrogens with one attached hydrogen (secondary N) is 1. The molecule has 3 unspecified atom stereocenters. The highest BCUT2D eigenvalue weighted by Crippen LogP contribution is 2.33. The van der Waals surface area contributed by atoms with Crippen molar-refractivity contribution in [3.8, 4) is 0 Å². The van der Waals surface area contributed by atoms with Crippen LogP contribution in [0.5, 0.6) is 0 Å². The number of benzene rings is 1. The smallest absolute Gasteiger partial charge is 0.0453 e. The van der Waals surface area contributed by atoms with Crippen molar-refractivity contribution in [1.29, 1.82) is 0 Å². The topological polar surface area (TPSA) is 12.0 Å². The van der Waals surface area contributed by atoms with Crippen molar-refractivity contribution in [2.45, 2.75) is 58.4 Å². The molecular weight excluding hydrogens is 301 g/mol. The zero-order chi connectivity index (χ0) is 15.2. The molecule has 1 aromatic carbocycles. The molecule has 3 atom stereocenters. The Labute approximate surface area is 139 Å². The lowest BCUT2D eigenvalue weighted by Crippen LogP contribution is -2.40. The Balaban J connectivity index is 2.07. The van der Waals surface area contributed by atoms with Crippen molar-refractivity contribution < 1.29 is 0 Å². The van der Waals surface area contributed by atoms with Crippen molar-refractivity contribution in [2.75, 3.05) is 6.54 Å². The largest absolute Gasteiger partial charge is 0.313 e. The molecule has 1 aliphatic rings. The summed E-state index contributed by atoms with van der Waals surface area (Å²) in [5, 5.41) is 5.27. The summed E-state index contributed by atoms with van der Waals surface area (Å²) in [6.07, 6.45) is 7.62. The van der Waals surface area contributed by atoms with Gasteiger partial charge in [0.25, 0.3) is 0 Å².